The van der Waals surface area contributed by atoms with Crippen LogP contribution in [0.25, 0.3) is 23.2 Å². The van der Waals surface area contributed by atoms with E-state index in [-0.39, 0.29) is 5.70 Å². The summed E-state index contributed by atoms with van der Waals surface area (Å²) in [6.07, 6.45) is 3.11. The van der Waals surface area contributed by atoms with Crippen LogP contribution in [0.15, 0.2) is 71.3 Å². The molecule has 9 heteroatoms. The lowest BCUT2D eigenvalue weighted by atomic mass is 10.2. The summed E-state index contributed by atoms with van der Waals surface area (Å²) in [4.78, 5) is 13.4. The SMILES string of the molecule is CCOc1ccc(NC(=O)C(=Cc2ccco2)n2nnnc2-c2ccccc2)cc1OCC. The average Bonchev–Trinajstić information content (AvgIpc) is 3.52. The topological polar surface area (TPSA) is 104 Å². The number of ether oxygens (including phenoxy) is 2. The van der Waals surface area contributed by atoms with E-state index in [2.05, 4.69) is 20.8 Å². The predicted molar refractivity (Wildman–Crippen MR) is 124 cm³/mol. The monoisotopic (exact) mass is 445 g/mol. The van der Waals surface area contributed by atoms with Gasteiger partial charge in [-0.05, 0) is 48.5 Å². The number of hydrogen-bond acceptors (Lipinski definition) is 7. The number of tetrazole rings is 1. The molecule has 0 saturated heterocycles. The van der Waals surface area contributed by atoms with Gasteiger partial charge in [-0.1, -0.05) is 30.3 Å². The van der Waals surface area contributed by atoms with Gasteiger partial charge in [0.1, 0.15) is 11.5 Å². The van der Waals surface area contributed by atoms with E-state index in [1.807, 2.05) is 44.2 Å². The third kappa shape index (κ3) is 5.09. The van der Waals surface area contributed by atoms with Crippen molar-refractivity contribution in [2.75, 3.05) is 18.5 Å². The smallest absolute Gasteiger partial charge is 0.274 e. The van der Waals surface area contributed by atoms with Gasteiger partial charge >= 0.3 is 0 Å². The molecule has 2 aromatic carbocycles. The Bertz CT molecular complexity index is 1230. The van der Waals surface area contributed by atoms with Crippen LogP contribution in [0.5, 0.6) is 11.5 Å². The van der Waals surface area contributed by atoms with E-state index in [0.29, 0.717) is 42.0 Å². The molecule has 0 fully saturated rings. The Hall–Kier alpha value is -4.40. The molecule has 0 saturated carbocycles. The third-order valence-electron chi connectivity index (χ3n) is 4.59. The third-order valence-corrected chi connectivity index (χ3v) is 4.59. The van der Waals surface area contributed by atoms with Gasteiger partial charge in [-0.3, -0.25) is 4.79 Å². The van der Waals surface area contributed by atoms with E-state index in [1.54, 1.807) is 36.4 Å². The normalized spacial score (nSPS) is 11.3. The zero-order valence-corrected chi connectivity index (χ0v) is 18.3. The summed E-state index contributed by atoms with van der Waals surface area (Å²) >= 11 is 0. The van der Waals surface area contributed by atoms with Crippen LogP contribution < -0.4 is 14.8 Å². The lowest BCUT2D eigenvalue weighted by molar-refractivity contribution is -0.111. The van der Waals surface area contributed by atoms with Crippen molar-refractivity contribution in [3.8, 4) is 22.9 Å². The van der Waals surface area contributed by atoms with Crippen molar-refractivity contribution in [1.29, 1.82) is 0 Å². The van der Waals surface area contributed by atoms with Crippen molar-refractivity contribution in [3.05, 3.63) is 72.7 Å². The highest BCUT2D eigenvalue weighted by molar-refractivity contribution is 6.24. The molecule has 0 aliphatic rings. The second-order valence-electron chi connectivity index (χ2n) is 6.81. The second kappa shape index (κ2) is 10.3. The van der Waals surface area contributed by atoms with Crippen molar-refractivity contribution < 1.29 is 18.7 Å². The Kier molecular flexibility index (Phi) is 6.79. The van der Waals surface area contributed by atoms with Gasteiger partial charge in [-0.15, -0.1) is 5.10 Å². The highest BCUT2D eigenvalue weighted by atomic mass is 16.5. The standard InChI is InChI=1S/C24H23N5O4/c1-3-31-21-13-12-18(15-22(21)32-4-2)25-24(30)20(16-19-11-8-14-33-19)29-23(26-27-28-29)17-9-6-5-7-10-17/h5-16H,3-4H2,1-2H3,(H,25,30). The average molecular weight is 445 g/mol. The molecule has 4 aromatic rings. The van der Waals surface area contributed by atoms with Crippen molar-refractivity contribution in [2.45, 2.75) is 13.8 Å². The minimum absolute atomic E-state index is 0.181. The summed E-state index contributed by atoms with van der Waals surface area (Å²) < 4.78 is 18.1. The molecule has 9 nitrogen and oxygen atoms in total. The number of benzene rings is 2. The van der Waals surface area contributed by atoms with E-state index in [9.17, 15) is 4.79 Å². The number of furan rings is 1. The van der Waals surface area contributed by atoms with E-state index >= 15 is 0 Å². The molecular formula is C24H23N5O4. The highest BCUT2D eigenvalue weighted by Crippen LogP contribution is 2.31. The van der Waals surface area contributed by atoms with Gasteiger partial charge in [0.25, 0.3) is 5.91 Å². The van der Waals surface area contributed by atoms with Gasteiger partial charge in [0.05, 0.1) is 19.5 Å². The van der Waals surface area contributed by atoms with Crippen LogP contribution in [-0.2, 0) is 4.79 Å². The summed E-state index contributed by atoms with van der Waals surface area (Å²) in [5.74, 6) is 1.63. The number of anilines is 1. The maximum absolute atomic E-state index is 13.4. The largest absolute Gasteiger partial charge is 0.490 e. The van der Waals surface area contributed by atoms with Gasteiger partial charge < -0.3 is 19.2 Å². The molecule has 2 heterocycles. The Morgan fingerprint density at radius 2 is 1.82 bits per heavy atom. The fourth-order valence-electron chi connectivity index (χ4n) is 3.17. The van der Waals surface area contributed by atoms with Crippen molar-refractivity contribution in [1.82, 2.24) is 20.2 Å². The Morgan fingerprint density at radius 1 is 1.03 bits per heavy atom. The zero-order valence-electron chi connectivity index (χ0n) is 18.3. The number of carbonyl (C=O) groups is 1. The molecule has 4 rings (SSSR count). The fourth-order valence-corrected chi connectivity index (χ4v) is 3.17. The lowest BCUT2D eigenvalue weighted by Gasteiger charge is -2.14. The van der Waals surface area contributed by atoms with Crippen molar-refractivity contribution >= 4 is 23.4 Å². The van der Waals surface area contributed by atoms with E-state index in [1.165, 1.54) is 10.9 Å². The molecule has 0 aliphatic carbocycles. The molecule has 0 unspecified atom stereocenters. The van der Waals surface area contributed by atoms with Crippen LogP contribution >= 0.6 is 0 Å². The van der Waals surface area contributed by atoms with Gasteiger partial charge in [0.15, 0.2) is 17.3 Å². The molecule has 0 spiro atoms. The van der Waals surface area contributed by atoms with Crippen molar-refractivity contribution in [3.63, 3.8) is 0 Å². The van der Waals surface area contributed by atoms with Crippen molar-refractivity contribution in [2.24, 2.45) is 0 Å². The minimum Gasteiger partial charge on any atom is -0.490 e. The van der Waals surface area contributed by atoms with Crippen LogP contribution in [0.3, 0.4) is 0 Å². The molecule has 2 aromatic heterocycles. The molecule has 0 radical (unpaired) electrons. The lowest BCUT2D eigenvalue weighted by Crippen LogP contribution is -2.19. The zero-order chi connectivity index (χ0) is 23.0. The summed E-state index contributed by atoms with van der Waals surface area (Å²) in [6.45, 7) is 4.75. The summed E-state index contributed by atoms with van der Waals surface area (Å²) in [5, 5.41) is 14.8. The minimum atomic E-state index is -0.428. The first-order chi connectivity index (χ1) is 16.2. The summed E-state index contributed by atoms with van der Waals surface area (Å²) in [7, 11) is 0. The van der Waals surface area contributed by atoms with Gasteiger partial charge in [-0.2, -0.15) is 4.68 Å². The number of amides is 1. The van der Waals surface area contributed by atoms with E-state index in [4.69, 9.17) is 13.9 Å². The fraction of sp³-hybridized carbons (Fsp3) is 0.167. The van der Waals surface area contributed by atoms with Crippen LogP contribution in [0.4, 0.5) is 5.69 Å². The van der Waals surface area contributed by atoms with Crippen LogP contribution in [-0.4, -0.2) is 39.3 Å². The first-order valence-corrected chi connectivity index (χ1v) is 10.5. The highest BCUT2D eigenvalue weighted by Gasteiger charge is 2.20. The molecule has 1 N–H and O–H groups in total. The Labute approximate surface area is 190 Å². The van der Waals surface area contributed by atoms with E-state index < -0.39 is 5.91 Å². The Morgan fingerprint density at radius 3 is 2.55 bits per heavy atom. The molecule has 0 aliphatic heterocycles. The maximum Gasteiger partial charge on any atom is 0.274 e. The first-order valence-electron chi connectivity index (χ1n) is 10.5. The number of nitrogens with one attached hydrogen (secondary N) is 1. The predicted octanol–water partition coefficient (Wildman–Crippen LogP) is 4.37. The molecule has 0 bridgehead atoms. The summed E-state index contributed by atoms with van der Waals surface area (Å²) in [6, 6.07) is 18.1. The van der Waals surface area contributed by atoms with Gasteiger partial charge in [0.2, 0.25) is 0 Å². The molecule has 168 valence electrons. The quantitative estimate of drug-likeness (QED) is 0.382. The Balaban J connectivity index is 1.70. The number of rotatable bonds is 9. The van der Waals surface area contributed by atoms with Gasteiger partial charge in [-0.25, -0.2) is 0 Å². The van der Waals surface area contributed by atoms with Crippen LogP contribution in [0.2, 0.25) is 0 Å². The number of aromatic nitrogens is 4. The number of carbonyl (C=O) groups excluding carboxylic acids is 1. The molecule has 0 atom stereocenters. The molecule has 1 amide bonds. The maximum atomic E-state index is 13.4. The molecule has 33 heavy (non-hydrogen) atoms. The van der Waals surface area contributed by atoms with Gasteiger partial charge in [0, 0.05) is 23.4 Å². The second-order valence-corrected chi connectivity index (χ2v) is 6.81. The van der Waals surface area contributed by atoms with Crippen LogP contribution in [0, 0.1) is 0 Å². The van der Waals surface area contributed by atoms with Crippen LogP contribution in [0.1, 0.15) is 19.6 Å². The van der Waals surface area contributed by atoms with E-state index in [0.717, 1.165) is 5.56 Å². The number of hydrogen-bond donors (Lipinski definition) is 1. The summed E-state index contributed by atoms with van der Waals surface area (Å²) in [5.41, 5.74) is 1.48. The molecular weight excluding hydrogens is 422 g/mol. The number of nitrogens with zero attached hydrogens (tertiary/aromatic N) is 4. The first kappa shape index (κ1) is 21.8.